The Kier molecular flexibility index (Phi) is 2.97. The van der Waals surface area contributed by atoms with Crippen LogP contribution in [0, 0.1) is 0 Å². The van der Waals surface area contributed by atoms with Crippen LogP contribution in [0.5, 0.6) is 0 Å². The Bertz CT molecular complexity index is 580. The molecule has 0 amide bonds. The van der Waals surface area contributed by atoms with Gasteiger partial charge in [0.1, 0.15) is 5.69 Å². The minimum Gasteiger partial charge on any atom is -0.291 e. The molecule has 1 heterocycles. The van der Waals surface area contributed by atoms with Gasteiger partial charge in [-0.3, -0.25) is 9.48 Å². The van der Waals surface area contributed by atoms with Gasteiger partial charge in [-0.2, -0.15) is 5.10 Å². The van der Waals surface area contributed by atoms with E-state index >= 15 is 0 Å². The van der Waals surface area contributed by atoms with Crippen molar-refractivity contribution in [1.82, 2.24) is 9.78 Å². The first-order valence-corrected chi connectivity index (χ1v) is 6.82. The largest absolute Gasteiger partial charge is 0.291 e. The van der Waals surface area contributed by atoms with Gasteiger partial charge in [0.15, 0.2) is 5.78 Å². The van der Waals surface area contributed by atoms with Gasteiger partial charge in [0.25, 0.3) is 0 Å². The lowest BCUT2D eigenvalue weighted by Gasteiger charge is -2.27. The van der Waals surface area contributed by atoms with Gasteiger partial charge < -0.3 is 0 Å². The number of hydrogen-bond acceptors (Lipinski definition) is 2. The highest BCUT2D eigenvalue weighted by molar-refractivity contribution is 6.02. The predicted octanol–water partition coefficient (Wildman–Crippen LogP) is 3.11. The minimum atomic E-state index is -0.352. The summed E-state index contributed by atoms with van der Waals surface area (Å²) < 4.78 is 1.70. The summed E-state index contributed by atoms with van der Waals surface area (Å²) in [7, 11) is 1.85. The van der Waals surface area contributed by atoms with Crippen molar-refractivity contribution < 1.29 is 4.79 Å². The Morgan fingerprint density at radius 1 is 1.16 bits per heavy atom. The number of carbonyl (C=O) groups is 1. The van der Waals surface area contributed by atoms with Crippen LogP contribution in [0.2, 0.25) is 0 Å². The molecule has 0 atom stereocenters. The number of Topliss-reactive ketones (excluding diaryl/α,β-unsaturated/α-hetero) is 1. The van der Waals surface area contributed by atoms with Gasteiger partial charge in [-0.05, 0) is 24.5 Å². The van der Waals surface area contributed by atoms with Crippen molar-refractivity contribution in [3.8, 4) is 0 Å². The Balaban J connectivity index is 2.04. The summed E-state index contributed by atoms with van der Waals surface area (Å²) >= 11 is 0. The third kappa shape index (κ3) is 1.99. The molecule has 98 valence electrons. The van der Waals surface area contributed by atoms with Crippen molar-refractivity contribution in [3.63, 3.8) is 0 Å². The lowest BCUT2D eigenvalue weighted by molar-refractivity contribution is 0.0880. The van der Waals surface area contributed by atoms with E-state index in [2.05, 4.69) is 17.2 Å². The molecule has 1 saturated carbocycles. The smallest absolute Gasteiger partial charge is 0.193 e. The van der Waals surface area contributed by atoms with Gasteiger partial charge in [0, 0.05) is 13.2 Å². The van der Waals surface area contributed by atoms with E-state index < -0.39 is 0 Å². The second kappa shape index (κ2) is 4.65. The van der Waals surface area contributed by atoms with E-state index in [0.29, 0.717) is 5.69 Å². The van der Waals surface area contributed by atoms with Gasteiger partial charge in [-0.25, -0.2) is 0 Å². The average molecular weight is 254 g/mol. The number of nitrogens with zero attached hydrogens (tertiary/aromatic N) is 2. The number of ketones is 1. The molecular weight excluding hydrogens is 236 g/mol. The van der Waals surface area contributed by atoms with E-state index in [4.69, 9.17) is 0 Å². The molecule has 19 heavy (non-hydrogen) atoms. The van der Waals surface area contributed by atoms with Crippen LogP contribution in [0.25, 0.3) is 0 Å². The molecular formula is C16H18N2O. The average Bonchev–Trinajstić information content (AvgIpc) is 3.08. The van der Waals surface area contributed by atoms with Crippen LogP contribution in [-0.2, 0) is 12.5 Å². The summed E-state index contributed by atoms with van der Waals surface area (Å²) in [6, 6.07) is 12.0. The SMILES string of the molecule is Cn1ccc(C(=O)C2(c3ccccc3)CCCC2)n1. The van der Waals surface area contributed by atoms with Gasteiger partial charge in [-0.15, -0.1) is 0 Å². The summed E-state index contributed by atoms with van der Waals surface area (Å²) in [5, 5.41) is 4.29. The number of rotatable bonds is 3. The zero-order valence-corrected chi connectivity index (χ0v) is 11.2. The van der Waals surface area contributed by atoms with Crippen molar-refractivity contribution in [2.75, 3.05) is 0 Å². The molecule has 1 aromatic carbocycles. The van der Waals surface area contributed by atoms with Crippen LogP contribution >= 0.6 is 0 Å². The number of aromatic nitrogens is 2. The van der Waals surface area contributed by atoms with Crippen LogP contribution < -0.4 is 0 Å². The molecule has 0 unspecified atom stereocenters. The Hall–Kier alpha value is -1.90. The summed E-state index contributed by atoms with van der Waals surface area (Å²) in [6.07, 6.45) is 5.95. The maximum atomic E-state index is 12.9. The normalized spacial score (nSPS) is 17.5. The lowest BCUT2D eigenvalue weighted by atomic mass is 9.74. The highest BCUT2D eigenvalue weighted by Gasteiger charge is 2.43. The summed E-state index contributed by atoms with van der Waals surface area (Å²) in [4.78, 5) is 12.9. The predicted molar refractivity (Wildman–Crippen MR) is 74.1 cm³/mol. The van der Waals surface area contributed by atoms with Gasteiger partial charge >= 0.3 is 0 Å². The third-order valence-electron chi connectivity index (χ3n) is 4.16. The zero-order chi connectivity index (χ0) is 13.3. The van der Waals surface area contributed by atoms with Crippen LogP contribution in [-0.4, -0.2) is 15.6 Å². The maximum absolute atomic E-state index is 12.9. The van der Waals surface area contributed by atoms with Gasteiger partial charge in [-0.1, -0.05) is 43.2 Å². The number of hydrogen-bond donors (Lipinski definition) is 0. The quantitative estimate of drug-likeness (QED) is 0.789. The molecule has 0 bridgehead atoms. The Morgan fingerprint density at radius 2 is 1.84 bits per heavy atom. The summed E-state index contributed by atoms with van der Waals surface area (Å²) in [5.74, 6) is 0.178. The molecule has 0 spiro atoms. The molecule has 1 aliphatic carbocycles. The highest BCUT2D eigenvalue weighted by atomic mass is 16.1. The fourth-order valence-corrected chi connectivity index (χ4v) is 3.16. The van der Waals surface area contributed by atoms with Crippen molar-refractivity contribution in [3.05, 3.63) is 53.9 Å². The Morgan fingerprint density at radius 3 is 2.42 bits per heavy atom. The topological polar surface area (TPSA) is 34.9 Å². The van der Waals surface area contributed by atoms with Gasteiger partial charge in [0.05, 0.1) is 5.41 Å². The molecule has 3 nitrogen and oxygen atoms in total. The summed E-state index contributed by atoms with van der Waals surface area (Å²) in [5.41, 5.74) is 1.38. The molecule has 0 aliphatic heterocycles. The lowest BCUT2D eigenvalue weighted by Crippen LogP contribution is -2.33. The number of benzene rings is 1. The zero-order valence-electron chi connectivity index (χ0n) is 11.2. The number of aryl methyl sites for hydroxylation is 1. The first-order valence-electron chi connectivity index (χ1n) is 6.82. The summed E-state index contributed by atoms with van der Waals surface area (Å²) in [6.45, 7) is 0. The van der Waals surface area contributed by atoms with E-state index in [9.17, 15) is 4.79 Å². The second-order valence-corrected chi connectivity index (χ2v) is 5.36. The van der Waals surface area contributed by atoms with E-state index in [-0.39, 0.29) is 11.2 Å². The fraction of sp³-hybridized carbons (Fsp3) is 0.375. The highest BCUT2D eigenvalue weighted by Crippen LogP contribution is 2.43. The van der Waals surface area contributed by atoms with Crippen LogP contribution in [0.15, 0.2) is 42.6 Å². The van der Waals surface area contributed by atoms with Crippen molar-refractivity contribution in [2.24, 2.45) is 7.05 Å². The first kappa shape index (κ1) is 12.2. The van der Waals surface area contributed by atoms with Crippen LogP contribution in [0.1, 0.15) is 41.7 Å². The van der Waals surface area contributed by atoms with Crippen molar-refractivity contribution in [2.45, 2.75) is 31.1 Å². The molecule has 2 aromatic rings. The third-order valence-corrected chi connectivity index (χ3v) is 4.16. The van der Waals surface area contributed by atoms with Crippen LogP contribution in [0.3, 0.4) is 0 Å². The molecule has 3 heteroatoms. The molecule has 1 aliphatic rings. The Labute approximate surface area is 113 Å². The standard InChI is InChI=1S/C16H18N2O/c1-18-12-9-14(17-18)15(19)16(10-5-6-11-16)13-7-3-2-4-8-13/h2-4,7-9,12H,5-6,10-11H2,1H3. The van der Waals surface area contributed by atoms with E-state index in [1.165, 1.54) is 0 Å². The van der Waals surface area contributed by atoms with Crippen molar-refractivity contribution in [1.29, 1.82) is 0 Å². The van der Waals surface area contributed by atoms with E-state index in [1.54, 1.807) is 4.68 Å². The molecule has 1 fully saturated rings. The van der Waals surface area contributed by atoms with Crippen molar-refractivity contribution >= 4 is 5.78 Å². The molecule has 1 aromatic heterocycles. The van der Waals surface area contributed by atoms with E-state index in [1.807, 2.05) is 37.5 Å². The molecule has 3 rings (SSSR count). The molecule has 0 radical (unpaired) electrons. The minimum absolute atomic E-state index is 0.178. The van der Waals surface area contributed by atoms with E-state index in [0.717, 1.165) is 31.2 Å². The fourth-order valence-electron chi connectivity index (χ4n) is 3.16. The molecule has 0 saturated heterocycles. The van der Waals surface area contributed by atoms with Crippen LogP contribution in [0.4, 0.5) is 0 Å². The maximum Gasteiger partial charge on any atom is 0.193 e. The first-order chi connectivity index (χ1) is 9.22. The molecule has 0 N–H and O–H groups in total. The second-order valence-electron chi connectivity index (χ2n) is 5.36. The van der Waals surface area contributed by atoms with Gasteiger partial charge in [0.2, 0.25) is 0 Å². The number of carbonyl (C=O) groups excluding carboxylic acids is 1. The monoisotopic (exact) mass is 254 g/mol.